The molecule has 21 heavy (non-hydrogen) atoms. The number of furan rings is 1. The van der Waals surface area contributed by atoms with Crippen LogP contribution in [0.5, 0.6) is 0 Å². The summed E-state index contributed by atoms with van der Waals surface area (Å²) in [5.41, 5.74) is 6.51. The molecular weight excluding hydrogens is 267 g/mol. The highest BCUT2D eigenvalue weighted by atomic mass is 19.1. The summed E-state index contributed by atoms with van der Waals surface area (Å²) in [5, 5.41) is 0.776. The van der Waals surface area contributed by atoms with Gasteiger partial charge in [-0.1, -0.05) is 29.8 Å². The number of benzene rings is 2. The lowest BCUT2D eigenvalue weighted by Crippen LogP contribution is -2.29. The summed E-state index contributed by atoms with van der Waals surface area (Å²) in [7, 11) is 0. The molecule has 1 aromatic heterocycles. The van der Waals surface area contributed by atoms with Crippen LogP contribution in [-0.4, -0.2) is 0 Å². The van der Waals surface area contributed by atoms with Crippen molar-refractivity contribution in [2.45, 2.75) is 19.9 Å². The lowest BCUT2D eigenvalue weighted by Gasteiger charge is -2.15. The molecular formula is C17H17FN2O. The van der Waals surface area contributed by atoms with Crippen molar-refractivity contribution in [1.29, 1.82) is 0 Å². The Labute approximate surface area is 122 Å². The van der Waals surface area contributed by atoms with Gasteiger partial charge in [0.05, 0.1) is 0 Å². The molecule has 0 amide bonds. The molecule has 4 heteroatoms. The molecule has 0 spiro atoms. The molecule has 0 saturated carbocycles. The van der Waals surface area contributed by atoms with E-state index in [1.54, 1.807) is 6.07 Å². The first kappa shape index (κ1) is 13.8. The average Bonchev–Trinajstić information content (AvgIpc) is 2.77. The van der Waals surface area contributed by atoms with Gasteiger partial charge in [-0.2, -0.15) is 0 Å². The zero-order valence-electron chi connectivity index (χ0n) is 12.0. The van der Waals surface area contributed by atoms with Crippen LogP contribution in [-0.2, 0) is 0 Å². The van der Waals surface area contributed by atoms with Crippen molar-refractivity contribution in [3.8, 4) is 0 Å². The molecule has 0 saturated heterocycles. The van der Waals surface area contributed by atoms with E-state index in [2.05, 4.69) is 11.5 Å². The Hall–Kier alpha value is -2.17. The fourth-order valence-electron chi connectivity index (χ4n) is 2.66. The summed E-state index contributed by atoms with van der Waals surface area (Å²) in [4.78, 5) is 0. The standard InChI is InChI=1S/C17H17FN2O/c1-10-4-3-5-12(8-10)16(20-19)17-11(2)14-9-13(18)6-7-15(14)21-17/h3-9,16,20H,19H2,1-2H3. The molecule has 3 nitrogen and oxygen atoms in total. The van der Waals surface area contributed by atoms with Gasteiger partial charge in [0.2, 0.25) is 0 Å². The highest BCUT2D eigenvalue weighted by Gasteiger charge is 2.21. The molecule has 0 fully saturated rings. The van der Waals surface area contributed by atoms with Gasteiger partial charge in [0.1, 0.15) is 23.2 Å². The van der Waals surface area contributed by atoms with E-state index in [1.807, 2.05) is 32.0 Å². The van der Waals surface area contributed by atoms with Crippen molar-refractivity contribution in [3.05, 3.63) is 70.7 Å². The first-order chi connectivity index (χ1) is 10.1. The van der Waals surface area contributed by atoms with Crippen LogP contribution in [0.1, 0.15) is 28.5 Å². The molecule has 108 valence electrons. The van der Waals surface area contributed by atoms with Crippen LogP contribution < -0.4 is 11.3 Å². The summed E-state index contributed by atoms with van der Waals surface area (Å²) in [6.45, 7) is 3.94. The highest BCUT2D eigenvalue weighted by molar-refractivity contribution is 5.82. The molecule has 3 aromatic rings. The molecule has 0 aliphatic heterocycles. The van der Waals surface area contributed by atoms with Crippen molar-refractivity contribution < 1.29 is 8.81 Å². The van der Waals surface area contributed by atoms with E-state index in [0.29, 0.717) is 11.3 Å². The Morgan fingerprint density at radius 3 is 2.67 bits per heavy atom. The normalized spacial score (nSPS) is 12.8. The third kappa shape index (κ3) is 2.44. The first-order valence-corrected chi connectivity index (χ1v) is 6.81. The molecule has 1 unspecified atom stereocenters. The number of fused-ring (bicyclic) bond motifs is 1. The van der Waals surface area contributed by atoms with Gasteiger partial charge in [0, 0.05) is 10.9 Å². The Bertz CT molecular complexity index is 795. The molecule has 1 atom stereocenters. The smallest absolute Gasteiger partial charge is 0.134 e. The summed E-state index contributed by atoms with van der Waals surface area (Å²) >= 11 is 0. The minimum absolute atomic E-state index is 0.264. The van der Waals surface area contributed by atoms with E-state index in [-0.39, 0.29) is 11.9 Å². The van der Waals surface area contributed by atoms with E-state index in [0.717, 1.165) is 22.1 Å². The predicted molar refractivity (Wildman–Crippen MR) is 81.3 cm³/mol. The fraction of sp³-hybridized carbons (Fsp3) is 0.176. The summed E-state index contributed by atoms with van der Waals surface area (Å²) in [6, 6.07) is 12.3. The van der Waals surface area contributed by atoms with Gasteiger partial charge in [0.15, 0.2) is 0 Å². The van der Waals surface area contributed by atoms with Crippen LogP contribution in [0.2, 0.25) is 0 Å². The Morgan fingerprint density at radius 1 is 1.14 bits per heavy atom. The van der Waals surface area contributed by atoms with Crippen LogP contribution in [0.4, 0.5) is 4.39 Å². The highest BCUT2D eigenvalue weighted by Crippen LogP contribution is 2.32. The molecule has 3 rings (SSSR count). The van der Waals surface area contributed by atoms with Crippen molar-refractivity contribution in [2.24, 2.45) is 5.84 Å². The maximum absolute atomic E-state index is 13.4. The Kier molecular flexibility index (Phi) is 3.49. The zero-order valence-corrected chi connectivity index (χ0v) is 12.0. The molecule has 2 aromatic carbocycles. The molecule has 0 aliphatic rings. The maximum Gasteiger partial charge on any atom is 0.134 e. The average molecular weight is 284 g/mol. The van der Waals surface area contributed by atoms with Crippen LogP contribution in [0.15, 0.2) is 46.9 Å². The number of aryl methyl sites for hydroxylation is 2. The van der Waals surface area contributed by atoms with Crippen molar-refractivity contribution >= 4 is 11.0 Å². The van der Waals surface area contributed by atoms with Gasteiger partial charge >= 0.3 is 0 Å². The first-order valence-electron chi connectivity index (χ1n) is 6.81. The predicted octanol–water partition coefficient (Wildman–Crippen LogP) is 3.74. The minimum Gasteiger partial charge on any atom is -0.459 e. The second-order valence-electron chi connectivity index (χ2n) is 5.25. The molecule has 0 aliphatic carbocycles. The third-order valence-corrected chi connectivity index (χ3v) is 3.74. The van der Waals surface area contributed by atoms with Gasteiger partial charge in [-0.3, -0.25) is 5.84 Å². The zero-order chi connectivity index (χ0) is 15.0. The second-order valence-corrected chi connectivity index (χ2v) is 5.25. The number of nitrogens with two attached hydrogens (primary N) is 1. The molecule has 0 bridgehead atoms. The SMILES string of the molecule is Cc1cccc(C(NN)c2oc3ccc(F)cc3c2C)c1. The van der Waals surface area contributed by atoms with Crippen LogP contribution >= 0.6 is 0 Å². The largest absolute Gasteiger partial charge is 0.459 e. The van der Waals surface area contributed by atoms with Crippen LogP contribution in [0, 0.1) is 19.7 Å². The summed E-state index contributed by atoms with van der Waals surface area (Å²) in [6.07, 6.45) is 0. The summed E-state index contributed by atoms with van der Waals surface area (Å²) < 4.78 is 19.3. The lowest BCUT2D eigenvalue weighted by molar-refractivity contribution is 0.473. The van der Waals surface area contributed by atoms with Gasteiger partial charge < -0.3 is 4.42 Å². The van der Waals surface area contributed by atoms with E-state index in [4.69, 9.17) is 10.3 Å². The Morgan fingerprint density at radius 2 is 1.95 bits per heavy atom. The van der Waals surface area contributed by atoms with Crippen molar-refractivity contribution in [3.63, 3.8) is 0 Å². The second kappa shape index (κ2) is 5.31. The fourth-order valence-corrected chi connectivity index (χ4v) is 2.66. The van der Waals surface area contributed by atoms with E-state index < -0.39 is 0 Å². The molecule has 0 radical (unpaired) electrons. The topological polar surface area (TPSA) is 51.2 Å². The van der Waals surface area contributed by atoms with Crippen LogP contribution in [0.3, 0.4) is 0 Å². The van der Waals surface area contributed by atoms with Gasteiger partial charge in [0.25, 0.3) is 0 Å². The van der Waals surface area contributed by atoms with Gasteiger partial charge in [-0.15, -0.1) is 0 Å². The van der Waals surface area contributed by atoms with E-state index in [1.165, 1.54) is 12.1 Å². The monoisotopic (exact) mass is 284 g/mol. The van der Waals surface area contributed by atoms with Crippen molar-refractivity contribution in [1.82, 2.24) is 5.43 Å². The third-order valence-electron chi connectivity index (χ3n) is 3.74. The van der Waals surface area contributed by atoms with E-state index in [9.17, 15) is 4.39 Å². The minimum atomic E-state index is -0.272. The number of halogens is 1. The van der Waals surface area contributed by atoms with Crippen molar-refractivity contribution in [2.75, 3.05) is 0 Å². The Balaban J connectivity index is 2.15. The molecule has 3 N–H and O–H groups in total. The number of nitrogens with one attached hydrogen (secondary N) is 1. The number of rotatable bonds is 3. The van der Waals surface area contributed by atoms with Crippen LogP contribution in [0.25, 0.3) is 11.0 Å². The lowest BCUT2D eigenvalue weighted by atomic mass is 10.00. The maximum atomic E-state index is 13.4. The van der Waals surface area contributed by atoms with E-state index >= 15 is 0 Å². The molecule has 1 heterocycles. The number of hydrogen-bond donors (Lipinski definition) is 2. The quantitative estimate of drug-likeness (QED) is 0.569. The summed E-state index contributed by atoms with van der Waals surface area (Å²) in [5.74, 6) is 6.16. The number of hydrogen-bond acceptors (Lipinski definition) is 3. The number of hydrazine groups is 1. The van der Waals surface area contributed by atoms with Gasteiger partial charge in [-0.05, 0) is 37.6 Å². The van der Waals surface area contributed by atoms with Gasteiger partial charge in [-0.25, -0.2) is 9.82 Å².